The molecule has 1 heterocycles. The van der Waals surface area contributed by atoms with Gasteiger partial charge in [-0.3, -0.25) is 0 Å². The zero-order valence-corrected chi connectivity index (χ0v) is 7.95. The Morgan fingerprint density at radius 2 is 2.42 bits per heavy atom. The third-order valence-corrected chi connectivity index (χ3v) is 2.73. The average Bonchev–Trinajstić information content (AvgIpc) is 2.43. The summed E-state index contributed by atoms with van der Waals surface area (Å²) < 4.78 is 0. The van der Waals surface area contributed by atoms with Gasteiger partial charge in [-0.2, -0.15) is 5.26 Å². The third-order valence-electron chi connectivity index (χ3n) is 1.71. The number of unbranched alkanes of at least 4 members (excludes halogenated alkanes) is 1. The van der Waals surface area contributed by atoms with Gasteiger partial charge in [0.2, 0.25) is 0 Å². The first-order chi connectivity index (χ1) is 5.77. The van der Waals surface area contributed by atoms with Crippen molar-refractivity contribution in [1.82, 2.24) is 0 Å². The van der Waals surface area contributed by atoms with E-state index in [2.05, 4.69) is 13.0 Å². The molecule has 1 rings (SSSR count). The number of nitrogen functional groups attached to an aromatic ring is 1. The maximum Gasteiger partial charge on any atom is 0.104 e. The summed E-state index contributed by atoms with van der Waals surface area (Å²) in [5, 5.41) is 9.29. The summed E-state index contributed by atoms with van der Waals surface area (Å²) in [5.41, 5.74) is 6.25. The monoisotopic (exact) mass is 180 g/mol. The number of rotatable bonds is 3. The van der Waals surface area contributed by atoms with E-state index in [0.29, 0.717) is 10.6 Å². The van der Waals surface area contributed by atoms with Crippen molar-refractivity contribution in [2.75, 3.05) is 5.73 Å². The summed E-state index contributed by atoms with van der Waals surface area (Å²) in [4.78, 5) is 1.23. The summed E-state index contributed by atoms with van der Waals surface area (Å²) in [6.07, 6.45) is 3.40. The third kappa shape index (κ3) is 1.99. The highest BCUT2D eigenvalue weighted by molar-refractivity contribution is 7.16. The number of hydrogen-bond donors (Lipinski definition) is 1. The fourth-order valence-electron chi connectivity index (χ4n) is 1.02. The summed E-state index contributed by atoms with van der Waals surface area (Å²) >= 11 is 1.53. The predicted molar refractivity (Wildman–Crippen MR) is 52.1 cm³/mol. The number of nitrogens with zero attached hydrogens (tertiary/aromatic N) is 1. The van der Waals surface area contributed by atoms with E-state index in [9.17, 15) is 0 Å². The van der Waals surface area contributed by atoms with Crippen LogP contribution >= 0.6 is 11.3 Å². The van der Waals surface area contributed by atoms with Crippen molar-refractivity contribution >= 4 is 16.3 Å². The SMILES string of the molecule is CCCCc1cc(C#N)c(N)s1. The average molecular weight is 180 g/mol. The molecule has 0 aromatic carbocycles. The maximum atomic E-state index is 8.63. The molecule has 0 aliphatic heterocycles. The van der Waals surface area contributed by atoms with Crippen LogP contribution in [0.3, 0.4) is 0 Å². The lowest BCUT2D eigenvalue weighted by Crippen LogP contribution is -1.80. The van der Waals surface area contributed by atoms with Crippen LogP contribution in [0.15, 0.2) is 6.07 Å². The second-order valence-electron chi connectivity index (χ2n) is 2.71. The molecule has 12 heavy (non-hydrogen) atoms. The molecule has 0 unspecified atom stereocenters. The fraction of sp³-hybridized carbons (Fsp3) is 0.444. The first-order valence-electron chi connectivity index (χ1n) is 4.06. The smallest absolute Gasteiger partial charge is 0.104 e. The van der Waals surface area contributed by atoms with Gasteiger partial charge in [0.1, 0.15) is 11.1 Å². The van der Waals surface area contributed by atoms with Gasteiger partial charge in [0.25, 0.3) is 0 Å². The Labute approximate surface area is 76.6 Å². The molecular weight excluding hydrogens is 168 g/mol. The molecule has 64 valence electrons. The standard InChI is InChI=1S/C9H12N2S/c1-2-3-4-8-5-7(6-10)9(11)12-8/h5H,2-4,11H2,1H3. The fourth-order valence-corrected chi connectivity index (χ4v) is 1.94. The second kappa shape index (κ2) is 4.13. The molecule has 2 nitrogen and oxygen atoms in total. The van der Waals surface area contributed by atoms with Crippen LogP contribution in [0.2, 0.25) is 0 Å². The molecule has 0 radical (unpaired) electrons. The largest absolute Gasteiger partial charge is 0.389 e. The number of nitrogens with two attached hydrogens (primary N) is 1. The van der Waals surface area contributed by atoms with Gasteiger partial charge in [-0.25, -0.2) is 0 Å². The van der Waals surface area contributed by atoms with Crippen LogP contribution in [0.5, 0.6) is 0 Å². The van der Waals surface area contributed by atoms with Gasteiger partial charge in [-0.15, -0.1) is 11.3 Å². The topological polar surface area (TPSA) is 49.8 Å². The molecule has 1 aromatic heterocycles. The van der Waals surface area contributed by atoms with E-state index in [1.807, 2.05) is 6.07 Å². The minimum atomic E-state index is 0.631. The molecule has 0 saturated heterocycles. The first kappa shape index (κ1) is 9.08. The lowest BCUT2D eigenvalue weighted by molar-refractivity contribution is 0.804. The Morgan fingerprint density at radius 1 is 1.67 bits per heavy atom. The zero-order chi connectivity index (χ0) is 8.97. The number of aryl methyl sites for hydroxylation is 1. The summed E-state index contributed by atoms with van der Waals surface area (Å²) in [6, 6.07) is 3.98. The number of hydrogen-bond acceptors (Lipinski definition) is 3. The van der Waals surface area contributed by atoms with E-state index in [-0.39, 0.29) is 0 Å². The predicted octanol–water partition coefficient (Wildman–Crippen LogP) is 2.54. The van der Waals surface area contributed by atoms with Gasteiger partial charge >= 0.3 is 0 Å². The quantitative estimate of drug-likeness (QED) is 0.777. The zero-order valence-electron chi connectivity index (χ0n) is 7.13. The Bertz CT molecular complexity index is 296. The molecule has 0 aliphatic carbocycles. The second-order valence-corrected chi connectivity index (χ2v) is 3.87. The van der Waals surface area contributed by atoms with Crippen molar-refractivity contribution in [1.29, 1.82) is 5.26 Å². The van der Waals surface area contributed by atoms with Crippen molar-refractivity contribution in [2.24, 2.45) is 0 Å². The van der Waals surface area contributed by atoms with Crippen molar-refractivity contribution in [3.63, 3.8) is 0 Å². The van der Waals surface area contributed by atoms with E-state index in [0.717, 1.165) is 6.42 Å². The number of nitriles is 1. The molecule has 0 fully saturated rings. The Hall–Kier alpha value is -1.01. The van der Waals surface area contributed by atoms with Gasteiger partial charge in [0.15, 0.2) is 0 Å². The van der Waals surface area contributed by atoms with Crippen molar-refractivity contribution in [2.45, 2.75) is 26.2 Å². The Kier molecular flexibility index (Phi) is 3.12. The van der Waals surface area contributed by atoms with Crippen LogP contribution in [-0.2, 0) is 6.42 Å². The van der Waals surface area contributed by atoms with Crippen molar-refractivity contribution in [3.05, 3.63) is 16.5 Å². The lowest BCUT2D eigenvalue weighted by atomic mass is 10.2. The summed E-state index contributed by atoms with van der Waals surface area (Å²) in [6.45, 7) is 2.15. The molecule has 0 bridgehead atoms. The molecule has 0 atom stereocenters. The Balaban J connectivity index is 2.70. The minimum absolute atomic E-state index is 0.631. The highest BCUT2D eigenvalue weighted by atomic mass is 32.1. The van der Waals surface area contributed by atoms with Crippen molar-refractivity contribution in [3.8, 4) is 6.07 Å². The summed E-state index contributed by atoms with van der Waals surface area (Å²) in [7, 11) is 0. The van der Waals surface area contributed by atoms with E-state index in [4.69, 9.17) is 11.0 Å². The molecule has 2 N–H and O–H groups in total. The van der Waals surface area contributed by atoms with Crippen LogP contribution in [-0.4, -0.2) is 0 Å². The molecule has 1 aromatic rings. The molecule has 3 heteroatoms. The van der Waals surface area contributed by atoms with Crippen molar-refractivity contribution < 1.29 is 0 Å². The number of thiophene rings is 1. The van der Waals surface area contributed by atoms with Crippen LogP contribution in [0.1, 0.15) is 30.2 Å². The molecule has 0 aliphatic rings. The first-order valence-corrected chi connectivity index (χ1v) is 4.88. The van der Waals surface area contributed by atoms with E-state index >= 15 is 0 Å². The normalized spacial score (nSPS) is 9.67. The van der Waals surface area contributed by atoms with E-state index in [1.54, 1.807) is 0 Å². The van der Waals surface area contributed by atoms with Crippen LogP contribution in [0.4, 0.5) is 5.00 Å². The molecule has 0 spiro atoms. The maximum absolute atomic E-state index is 8.63. The highest BCUT2D eigenvalue weighted by Crippen LogP contribution is 2.25. The van der Waals surface area contributed by atoms with Gasteiger partial charge < -0.3 is 5.73 Å². The lowest BCUT2D eigenvalue weighted by Gasteiger charge is -1.90. The minimum Gasteiger partial charge on any atom is -0.389 e. The van der Waals surface area contributed by atoms with Crippen LogP contribution in [0.25, 0.3) is 0 Å². The molecular formula is C9H12N2S. The highest BCUT2D eigenvalue weighted by Gasteiger charge is 2.04. The number of anilines is 1. The van der Waals surface area contributed by atoms with E-state index < -0.39 is 0 Å². The molecule has 0 amide bonds. The van der Waals surface area contributed by atoms with Crippen LogP contribution < -0.4 is 5.73 Å². The van der Waals surface area contributed by atoms with Crippen LogP contribution in [0, 0.1) is 11.3 Å². The van der Waals surface area contributed by atoms with Gasteiger partial charge in [-0.1, -0.05) is 13.3 Å². The van der Waals surface area contributed by atoms with Gasteiger partial charge in [0.05, 0.1) is 5.56 Å². The molecule has 0 saturated carbocycles. The summed E-state index contributed by atoms with van der Waals surface area (Å²) in [5.74, 6) is 0. The Morgan fingerprint density at radius 3 is 2.92 bits per heavy atom. The van der Waals surface area contributed by atoms with E-state index in [1.165, 1.54) is 29.1 Å². The van der Waals surface area contributed by atoms with Gasteiger partial charge in [-0.05, 0) is 18.9 Å². The van der Waals surface area contributed by atoms with Gasteiger partial charge in [0, 0.05) is 4.88 Å².